The van der Waals surface area contributed by atoms with E-state index in [9.17, 15) is 35.1 Å². The summed E-state index contributed by atoms with van der Waals surface area (Å²) in [7, 11) is 0. The summed E-state index contributed by atoms with van der Waals surface area (Å²) in [6.45, 7) is 14.4. The lowest BCUT2D eigenvalue weighted by molar-refractivity contribution is -0.274. The Morgan fingerprint density at radius 1 is 0.326 bits per heavy atom. The number of aromatic nitrogens is 25. The van der Waals surface area contributed by atoms with E-state index < -0.39 is 29.8 Å². The summed E-state index contributed by atoms with van der Waals surface area (Å²) in [4.78, 5) is 54.7. The summed E-state index contributed by atoms with van der Waals surface area (Å²) < 4.78 is 135. The number of rotatable bonds is 15. The zero-order valence-corrected chi connectivity index (χ0v) is 69.2. The van der Waals surface area contributed by atoms with Crippen LogP contribution < -0.4 is 39.1 Å². The van der Waals surface area contributed by atoms with Gasteiger partial charge in [0.25, 0.3) is 11.8 Å². The molecule has 0 aliphatic rings. The monoisotopic (exact) mass is 1760 g/mol. The van der Waals surface area contributed by atoms with Gasteiger partial charge in [-0.25, -0.2) is 99.6 Å². The highest BCUT2D eigenvalue weighted by Crippen LogP contribution is 2.35. The second kappa shape index (κ2) is 37.5. The smallest absolute Gasteiger partial charge is 0.403 e. The van der Waals surface area contributed by atoms with Gasteiger partial charge in [0.1, 0.15) is 11.5 Å². The summed E-state index contributed by atoms with van der Waals surface area (Å²) in [6, 6.07) is 14.9. The summed E-state index contributed by atoms with van der Waals surface area (Å²) >= 11 is 0. The van der Waals surface area contributed by atoms with Crippen molar-refractivity contribution < 1.29 is 67.6 Å². The highest BCUT2D eigenvalue weighted by atomic mass is 19.4. The molecule has 0 radical (unpaired) electrons. The lowest BCUT2D eigenvalue weighted by atomic mass is 10.0. The average Bonchev–Trinajstić information content (AvgIpc) is 1.78. The van der Waals surface area contributed by atoms with Gasteiger partial charge in [-0.15, -0.1) is 32.4 Å². The fraction of sp³-hybridized carbons (Fsp3) is 0.217. The van der Waals surface area contributed by atoms with Crippen LogP contribution >= 0.6 is 0 Å². The third-order valence-electron chi connectivity index (χ3n) is 19.5. The van der Waals surface area contributed by atoms with Crippen LogP contribution in [0.2, 0.25) is 0 Å². The normalized spacial score (nSPS) is 11.3. The maximum absolute atomic E-state index is 13.4. The second-order valence-corrected chi connectivity index (χ2v) is 28.5. The number of nitrogens with two attached hydrogens (primary N) is 6. The van der Waals surface area contributed by atoms with Crippen LogP contribution in [0.25, 0.3) is 67.0 Å². The molecule has 0 bridgehead atoms. The fourth-order valence-electron chi connectivity index (χ4n) is 12.6. The minimum absolute atomic E-state index is 0.0270. The molecule has 46 heteroatoms. The summed E-state index contributed by atoms with van der Waals surface area (Å²) in [5, 5.41) is 44.3. The Morgan fingerprint density at radius 3 is 0.891 bits per heavy atom. The van der Waals surface area contributed by atoms with Crippen LogP contribution in [0, 0.1) is 91.3 Å². The fourth-order valence-corrected chi connectivity index (χ4v) is 12.6. The van der Waals surface area contributed by atoms with Crippen LogP contribution in [0.1, 0.15) is 149 Å². The Bertz CT molecular complexity index is 7160. The number of terminal acetylenes is 3. The Balaban J connectivity index is 0.000000132. The molecule has 0 saturated heterocycles. The molecule has 12 N–H and O–H groups in total. The molecule has 0 fully saturated rings. The molecule has 38 nitrogen and oxygen atoms in total. The number of hydrogen-bond donors (Lipinski definition) is 6. The maximum atomic E-state index is 13.4. The van der Waals surface area contributed by atoms with Gasteiger partial charge in [0.05, 0.1) is 34.1 Å². The summed E-state index contributed by atoms with van der Waals surface area (Å²) in [5.74, 6) is 0.618. The van der Waals surface area contributed by atoms with E-state index >= 15 is 0 Å². The molecular weight excluding hydrogens is 1700 g/mol. The predicted molar refractivity (Wildman–Crippen MR) is 447 cm³/mol. The number of nitrogens with zero attached hydrogens (tertiary/aromatic N) is 25. The van der Waals surface area contributed by atoms with Crippen molar-refractivity contribution in [3.8, 4) is 42.8 Å². The van der Waals surface area contributed by atoms with E-state index in [0.717, 1.165) is 75.9 Å². The van der Waals surface area contributed by atoms with Crippen molar-refractivity contribution in [2.45, 2.75) is 119 Å². The molecule has 18 heterocycles. The van der Waals surface area contributed by atoms with Crippen LogP contribution in [0.5, 0.6) is 5.75 Å². The number of alkyl halides is 7. The van der Waals surface area contributed by atoms with E-state index in [0.29, 0.717) is 185 Å². The number of ether oxygens (including phenoxy) is 1. The molecule has 0 saturated carbocycles. The molecule has 0 spiro atoms. The molecule has 0 aliphatic heterocycles. The van der Waals surface area contributed by atoms with Gasteiger partial charge in [0.15, 0.2) is 50.4 Å². The van der Waals surface area contributed by atoms with Crippen molar-refractivity contribution in [3.63, 3.8) is 0 Å². The first-order valence-corrected chi connectivity index (χ1v) is 37.9. The molecule has 18 aromatic heterocycles. The van der Waals surface area contributed by atoms with Gasteiger partial charge in [0, 0.05) is 196 Å². The minimum Gasteiger partial charge on any atom is -0.403 e. The molecule has 0 amide bonds. The Labute approximate surface area is 721 Å². The largest absolute Gasteiger partial charge is 0.573 e. The predicted octanol–water partition coefficient (Wildman–Crippen LogP) is 11.9. The van der Waals surface area contributed by atoms with Gasteiger partial charge in [-0.3, -0.25) is 15.0 Å². The molecule has 0 atom stereocenters. The van der Waals surface area contributed by atoms with Gasteiger partial charge in [-0.05, 0) is 188 Å². The molecule has 654 valence electrons. The first-order valence-electron chi connectivity index (χ1n) is 37.9. The SMILES string of the molecule is C#Cc1ccc(Cc2c(C)nc3nonc3c2N)nc1.C#Cc1nc(Cc2c(C)nc3nonc3c2N)ccc1F.C#Cc1nc(Cc2c(C)nc3nonc3c2N)ccc1OC(F)(F)F.Cc1cnc(Cc2c(C)nc3nonc3c2N)nc1.Cc1nc2nonc2c(N)c1Cc1ccc(C(C)(F)F)cn1.Cc1nc2nonc2c(N)c1Cc1ccc(C(C)(F)F)cn1. The van der Waals surface area contributed by atoms with Crippen LogP contribution in [0.3, 0.4) is 0 Å². The maximum Gasteiger partial charge on any atom is 0.573 e. The molecule has 18 rings (SSSR count). The van der Waals surface area contributed by atoms with Gasteiger partial charge in [0.2, 0.25) is 33.9 Å². The molecule has 0 unspecified atom stereocenters. The van der Waals surface area contributed by atoms with Gasteiger partial charge < -0.3 is 39.1 Å². The Kier molecular flexibility index (Phi) is 26.1. The van der Waals surface area contributed by atoms with Gasteiger partial charge in [-0.2, -0.15) is 0 Å². The molecule has 0 aliphatic carbocycles. The van der Waals surface area contributed by atoms with Crippen LogP contribution in [0.4, 0.5) is 69.2 Å². The van der Waals surface area contributed by atoms with Crippen molar-refractivity contribution in [2.75, 3.05) is 34.4 Å². The number of halogens is 8. The van der Waals surface area contributed by atoms with E-state index in [1.165, 1.54) is 36.7 Å². The highest BCUT2D eigenvalue weighted by molar-refractivity contribution is 5.89. The standard InChI is InChI=1S/C15H10F3N5O2.2C14H13F2N5O.C14H10FN5O.C14H11N5O.C12H12N6O/c1-3-10-11(24-15(16,17)18)5-4-8(21-10)6-9-7(2)20-14-13(12(9)19)22-25-23-14;2*1-7-10(11(17)12-13(19-7)21-22-20-12)5-9-4-3-8(6-18-9)14(2,15)16;1-3-11-10(15)5-4-8(18-11)6-9-7(2)17-14-13(12(9)16)19-21-20-14;1-3-9-4-5-10(16-7-9)6-11-8(2)17-14-13(12(11)15)18-20-19-14;1-6-4-14-9(15-5-6)3-8-7(2)16-12-11(10(8)13)17-19-18-12/h1,4-5H,6,19H2,2H3;2*3-4,6H,5,17H2,1-2H3;1,4-5H,6,16H2,2H3;1,4-5,7H,6,15H2,2H3;4-5H,3,13H2,1-2H3. The number of hydrogen-bond acceptors (Lipinski definition) is 38. The van der Waals surface area contributed by atoms with Crippen molar-refractivity contribution in [3.05, 3.63) is 233 Å². The Morgan fingerprint density at radius 2 is 0.612 bits per heavy atom. The lowest BCUT2D eigenvalue weighted by Gasteiger charge is -2.12. The summed E-state index contributed by atoms with van der Waals surface area (Å²) in [5.41, 5.74) is 56.6. The number of aryl methyl sites for hydroxylation is 7. The van der Waals surface area contributed by atoms with Crippen LogP contribution in [-0.4, -0.2) is 133 Å². The van der Waals surface area contributed by atoms with E-state index in [1.807, 2.05) is 32.9 Å². The number of fused-ring (bicyclic) bond motifs is 6. The highest BCUT2D eigenvalue weighted by Gasteiger charge is 2.33. The third-order valence-corrected chi connectivity index (χ3v) is 19.5. The number of nitrogen functional groups attached to an aromatic ring is 6. The molecule has 0 aromatic carbocycles. The van der Waals surface area contributed by atoms with Gasteiger partial charge >= 0.3 is 6.36 Å². The number of pyridine rings is 11. The van der Waals surface area contributed by atoms with E-state index in [4.69, 9.17) is 53.7 Å². The first-order chi connectivity index (χ1) is 61.4. The second-order valence-electron chi connectivity index (χ2n) is 28.5. The van der Waals surface area contributed by atoms with Crippen molar-refractivity contribution in [1.29, 1.82) is 0 Å². The van der Waals surface area contributed by atoms with E-state index in [1.54, 1.807) is 64.5 Å². The van der Waals surface area contributed by atoms with E-state index in [-0.39, 0.29) is 34.6 Å². The summed E-state index contributed by atoms with van der Waals surface area (Å²) in [6.07, 6.45) is 20.8. The lowest BCUT2D eigenvalue weighted by Crippen LogP contribution is -2.18. The van der Waals surface area contributed by atoms with Crippen LogP contribution in [0.15, 0.2) is 119 Å². The molecular formula is C83H69F8N31O7. The van der Waals surface area contributed by atoms with Gasteiger partial charge in [-0.1, -0.05) is 5.92 Å². The zero-order valence-electron chi connectivity index (χ0n) is 69.2. The van der Waals surface area contributed by atoms with Crippen LogP contribution in [-0.2, 0) is 50.4 Å². The quantitative estimate of drug-likeness (QED) is 0.0410. The van der Waals surface area contributed by atoms with E-state index in [2.05, 4.69) is 177 Å². The molecule has 18 aromatic rings. The number of anilines is 6. The third kappa shape index (κ3) is 20.7. The topological polar surface area (TPSA) is 566 Å². The first kappa shape index (κ1) is 89.6. The average molecular weight is 1760 g/mol. The van der Waals surface area contributed by atoms with Crippen molar-refractivity contribution in [1.82, 2.24) is 127 Å². The minimum atomic E-state index is -4.86. The Hall–Kier alpha value is -17.2. The van der Waals surface area contributed by atoms with Crippen molar-refractivity contribution in [2.24, 2.45) is 0 Å². The van der Waals surface area contributed by atoms with Crippen molar-refractivity contribution >= 4 is 101 Å². The molecule has 129 heavy (non-hydrogen) atoms. The zero-order chi connectivity index (χ0) is 92.5.